The second kappa shape index (κ2) is 10.4. The molecule has 0 fully saturated rings. The van der Waals surface area contributed by atoms with Crippen molar-refractivity contribution in [3.8, 4) is 16.9 Å². The number of carboxylic acids is 1. The zero-order chi connectivity index (χ0) is 24.2. The third-order valence-corrected chi connectivity index (χ3v) is 7.10. The quantitative estimate of drug-likeness (QED) is 0.340. The molecule has 0 saturated heterocycles. The topological polar surface area (TPSA) is 46.5 Å². The first kappa shape index (κ1) is 24.8. The third-order valence-electron chi connectivity index (χ3n) is 7.10. The van der Waals surface area contributed by atoms with Crippen molar-refractivity contribution in [2.45, 2.75) is 65.7 Å². The van der Waals surface area contributed by atoms with E-state index in [-0.39, 0.29) is 5.41 Å². The predicted octanol–water partition coefficient (Wildman–Crippen LogP) is 8.34. The van der Waals surface area contributed by atoms with E-state index in [0.717, 1.165) is 41.3 Å². The van der Waals surface area contributed by atoms with Gasteiger partial charge in [-0.25, -0.2) is 4.79 Å². The maximum atomic E-state index is 11.3. The molecular weight excluding hydrogens is 408 g/mol. The lowest BCUT2D eigenvalue weighted by Crippen LogP contribution is -2.30. The molecule has 0 aliphatic carbocycles. The van der Waals surface area contributed by atoms with Crippen molar-refractivity contribution in [3.05, 3.63) is 65.7 Å². The Bertz CT molecular complexity index is 1110. The zero-order valence-corrected chi connectivity index (χ0v) is 20.9. The van der Waals surface area contributed by atoms with Crippen LogP contribution in [-0.2, 0) is 5.41 Å². The molecule has 0 radical (unpaired) electrons. The number of aromatic carboxylic acids is 1. The molecule has 0 aliphatic heterocycles. The van der Waals surface area contributed by atoms with Gasteiger partial charge in [0.1, 0.15) is 5.75 Å². The van der Waals surface area contributed by atoms with Gasteiger partial charge in [-0.3, -0.25) is 0 Å². The summed E-state index contributed by atoms with van der Waals surface area (Å²) >= 11 is 0. The highest BCUT2D eigenvalue weighted by molar-refractivity contribution is 5.95. The van der Waals surface area contributed by atoms with E-state index in [1.807, 2.05) is 12.1 Å². The van der Waals surface area contributed by atoms with Gasteiger partial charge in [0.15, 0.2) is 0 Å². The Balaban J connectivity index is 2.13. The van der Waals surface area contributed by atoms with Crippen LogP contribution in [0.15, 0.2) is 54.6 Å². The Morgan fingerprint density at radius 1 is 0.909 bits per heavy atom. The first-order valence-corrected chi connectivity index (χ1v) is 12.2. The average molecular weight is 447 g/mol. The van der Waals surface area contributed by atoms with Crippen molar-refractivity contribution in [1.29, 1.82) is 0 Å². The molecule has 0 amide bonds. The van der Waals surface area contributed by atoms with Crippen LogP contribution in [0, 0.1) is 11.8 Å². The first-order valence-electron chi connectivity index (χ1n) is 12.2. The van der Waals surface area contributed by atoms with Crippen LogP contribution in [-0.4, -0.2) is 18.2 Å². The molecule has 2 atom stereocenters. The van der Waals surface area contributed by atoms with Gasteiger partial charge in [0.25, 0.3) is 0 Å². The fraction of sp³-hybridized carbons (Fsp3) is 0.433. The maximum absolute atomic E-state index is 11.3. The van der Waals surface area contributed by atoms with Crippen molar-refractivity contribution < 1.29 is 14.6 Å². The Morgan fingerprint density at radius 2 is 1.55 bits per heavy atom. The van der Waals surface area contributed by atoms with Gasteiger partial charge >= 0.3 is 5.97 Å². The molecule has 0 bridgehead atoms. The molecule has 33 heavy (non-hydrogen) atoms. The van der Waals surface area contributed by atoms with Crippen molar-refractivity contribution in [2.24, 2.45) is 11.8 Å². The number of fused-ring (bicyclic) bond motifs is 1. The summed E-state index contributed by atoms with van der Waals surface area (Å²) in [4.78, 5) is 11.3. The van der Waals surface area contributed by atoms with E-state index in [4.69, 9.17) is 4.74 Å². The molecule has 1 N–H and O–H groups in total. The fourth-order valence-corrected chi connectivity index (χ4v) is 5.24. The van der Waals surface area contributed by atoms with E-state index in [1.54, 1.807) is 19.2 Å². The second-order valence-corrected chi connectivity index (χ2v) is 9.95. The number of benzene rings is 3. The Hall–Kier alpha value is -2.81. The van der Waals surface area contributed by atoms with Gasteiger partial charge in [0, 0.05) is 5.56 Å². The number of carbonyl (C=O) groups is 1. The van der Waals surface area contributed by atoms with Crippen molar-refractivity contribution >= 4 is 16.7 Å². The highest BCUT2D eigenvalue weighted by Gasteiger charge is 2.35. The lowest BCUT2D eigenvalue weighted by molar-refractivity contribution is 0.0697. The summed E-state index contributed by atoms with van der Waals surface area (Å²) in [6.07, 6.45) is 4.52. The Kier molecular flexibility index (Phi) is 7.84. The summed E-state index contributed by atoms with van der Waals surface area (Å²) in [5.41, 5.74) is 3.99. The van der Waals surface area contributed by atoms with Crippen molar-refractivity contribution in [1.82, 2.24) is 0 Å². The number of hydrogen-bond donors (Lipinski definition) is 1. The summed E-state index contributed by atoms with van der Waals surface area (Å²) in [5.74, 6) is 1.30. The van der Waals surface area contributed by atoms with Crippen LogP contribution in [0.25, 0.3) is 21.9 Å². The summed E-state index contributed by atoms with van der Waals surface area (Å²) < 4.78 is 5.89. The van der Waals surface area contributed by atoms with Crippen LogP contribution >= 0.6 is 0 Å². The maximum Gasteiger partial charge on any atom is 0.335 e. The number of rotatable bonds is 10. The minimum absolute atomic E-state index is 0.0676. The van der Waals surface area contributed by atoms with Crippen molar-refractivity contribution in [3.63, 3.8) is 0 Å². The lowest BCUT2D eigenvalue weighted by Gasteiger charge is -2.38. The van der Waals surface area contributed by atoms with Crippen LogP contribution in [0.5, 0.6) is 5.75 Å². The van der Waals surface area contributed by atoms with E-state index in [0.29, 0.717) is 17.4 Å². The predicted molar refractivity (Wildman–Crippen MR) is 138 cm³/mol. The minimum atomic E-state index is -0.900. The van der Waals surface area contributed by atoms with Gasteiger partial charge in [-0.1, -0.05) is 65.3 Å². The van der Waals surface area contributed by atoms with Crippen LogP contribution in [0.4, 0.5) is 0 Å². The summed E-state index contributed by atoms with van der Waals surface area (Å²) in [5, 5.41) is 11.3. The molecule has 0 saturated carbocycles. The van der Waals surface area contributed by atoms with Crippen molar-refractivity contribution in [2.75, 3.05) is 7.11 Å². The Labute approximate surface area is 198 Å². The smallest absolute Gasteiger partial charge is 0.335 e. The molecule has 3 nitrogen and oxygen atoms in total. The minimum Gasteiger partial charge on any atom is -0.496 e. The molecule has 0 heterocycles. The molecule has 3 aromatic rings. The molecule has 176 valence electrons. The van der Waals surface area contributed by atoms with Gasteiger partial charge in [-0.2, -0.15) is 0 Å². The van der Waals surface area contributed by atoms with Gasteiger partial charge in [0.05, 0.1) is 12.7 Å². The van der Waals surface area contributed by atoms with Gasteiger partial charge < -0.3 is 9.84 Å². The average Bonchev–Trinajstić information content (AvgIpc) is 2.81. The monoisotopic (exact) mass is 446 g/mol. The number of hydrogen-bond acceptors (Lipinski definition) is 2. The van der Waals surface area contributed by atoms with Gasteiger partial charge in [0.2, 0.25) is 0 Å². The largest absolute Gasteiger partial charge is 0.496 e. The summed E-state index contributed by atoms with van der Waals surface area (Å²) in [7, 11) is 1.77. The normalized spacial score (nSPS) is 14.3. The van der Waals surface area contributed by atoms with E-state index < -0.39 is 5.97 Å². The fourth-order valence-electron chi connectivity index (χ4n) is 5.24. The molecule has 0 spiro atoms. The molecule has 0 aromatic heterocycles. The van der Waals surface area contributed by atoms with Gasteiger partial charge in [-0.15, -0.1) is 0 Å². The van der Waals surface area contributed by atoms with E-state index in [9.17, 15) is 9.90 Å². The van der Waals surface area contributed by atoms with Crippen LogP contribution in [0.1, 0.15) is 76.2 Å². The highest BCUT2D eigenvalue weighted by Crippen LogP contribution is 2.46. The molecule has 3 aromatic carbocycles. The number of ether oxygens (including phenoxy) is 1. The third kappa shape index (κ3) is 5.40. The number of carboxylic acid groups (broad SMARTS) is 1. The molecular formula is C30H38O3. The summed E-state index contributed by atoms with van der Waals surface area (Å²) in [6, 6.07) is 18.1. The summed E-state index contributed by atoms with van der Waals surface area (Å²) in [6.45, 7) is 11.6. The van der Waals surface area contributed by atoms with E-state index in [1.165, 1.54) is 17.5 Å². The van der Waals surface area contributed by atoms with Gasteiger partial charge in [-0.05, 0) is 88.7 Å². The standard InChI is InChI=1S/C30H38O3/c1-7-21(5)19-30(8-2,18-20(3)4)27-17-25(13-14-28(27)33-6)23-9-10-24-16-26(29(31)32)12-11-22(24)15-23/h9-17,20-21H,7-8,18-19H2,1-6H3,(H,31,32). The van der Waals surface area contributed by atoms with Crippen LogP contribution in [0.3, 0.4) is 0 Å². The molecule has 2 unspecified atom stereocenters. The molecule has 3 rings (SSSR count). The van der Waals surface area contributed by atoms with Crippen LogP contribution < -0.4 is 4.74 Å². The lowest BCUT2D eigenvalue weighted by atomic mass is 9.66. The first-order chi connectivity index (χ1) is 15.7. The number of methoxy groups -OCH3 is 1. The zero-order valence-electron chi connectivity index (χ0n) is 20.9. The SMILES string of the molecule is CCC(C)CC(CC)(CC(C)C)c1cc(-c2ccc3cc(C(=O)O)ccc3c2)ccc1OC. The molecule has 0 aliphatic rings. The second-order valence-electron chi connectivity index (χ2n) is 9.95. The van der Waals surface area contributed by atoms with E-state index in [2.05, 4.69) is 65.0 Å². The molecule has 3 heteroatoms. The highest BCUT2D eigenvalue weighted by atomic mass is 16.5. The Morgan fingerprint density at radius 3 is 2.15 bits per heavy atom. The van der Waals surface area contributed by atoms with E-state index >= 15 is 0 Å². The van der Waals surface area contributed by atoms with Crippen LogP contribution in [0.2, 0.25) is 0 Å².